The molecule has 0 spiro atoms. The molecule has 3 aromatic rings. The van der Waals surface area contributed by atoms with Crippen LogP contribution in [0, 0.1) is 0 Å². The van der Waals surface area contributed by atoms with Gasteiger partial charge in [-0.1, -0.05) is 25.0 Å². The molecule has 3 heterocycles. The molecule has 1 aliphatic heterocycles. The van der Waals surface area contributed by atoms with E-state index >= 15 is 0 Å². The van der Waals surface area contributed by atoms with Crippen molar-refractivity contribution in [3.63, 3.8) is 0 Å². The number of hydrogen-bond acceptors (Lipinski definition) is 7. The lowest BCUT2D eigenvalue weighted by Crippen LogP contribution is -2.25. The Balaban J connectivity index is 1.44. The largest absolute Gasteiger partial charge is 0.373 e. The first-order valence-electron chi connectivity index (χ1n) is 9.78. The standard InChI is InChI=1S/C21H25N7/c1-22-19-14-20(24-15-23-19)25-17-8-6-16(7-9-17)18-10-11-21(27-26-18)28-12-4-2-3-5-13-28/h6-11,14-15H,2-5,12-13H2,1H3,(H2,22,23,24,25). The number of aromatic nitrogens is 4. The second kappa shape index (κ2) is 8.65. The fraction of sp³-hybridized carbons (Fsp3) is 0.333. The van der Waals surface area contributed by atoms with Crippen molar-refractivity contribution in [2.24, 2.45) is 0 Å². The molecule has 7 heteroatoms. The Morgan fingerprint density at radius 1 is 0.821 bits per heavy atom. The van der Waals surface area contributed by atoms with Crippen molar-refractivity contribution in [2.45, 2.75) is 25.7 Å². The summed E-state index contributed by atoms with van der Waals surface area (Å²) in [6.07, 6.45) is 6.63. The molecular formula is C21H25N7. The first kappa shape index (κ1) is 18.2. The van der Waals surface area contributed by atoms with Crippen LogP contribution in [0.5, 0.6) is 0 Å². The fourth-order valence-electron chi connectivity index (χ4n) is 3.38. The van der Waals surface area contributed by atoms with Crippen molar-refractivity contribution in [2.75, 3.05) is 35.7 Å². The van der Waals surface area contributed by atoms with E-state index in [-0.39, 0.29) is 0 Å². The lowest BCUT2D eigenvalue weighted by molar-refractivity contribution is 0.726. The highest BCUT2D eigenvalue weighted by molar-refractivity contribution is 5.66. The molecule has 2 N–H and O–H groups in total. The maximum absolute atomic E-state index is 4.47. The minimum absolute atomic E-state index is 0.744. The zero-order chi connectivity index (χ0) is 19.2. The topological polar surface area (TPSA) is 78.9 Å². The van der Waals surface area contributed by atoms with Crippen molar-refractivity contribution in [1.82, 2.24) is 20.2 Å². The molecule has 1 saturated heterocycles. The van der Waals surface area contributed by atoms with E-state index in [0.29, 0.717) is 0 Å². The monoisotopic (exact) mass is 375 g/mol. The summed E-state index contributed by atoms with van der Waals surface area (Å²) >= 11 is 0. The number of nitrogens with one attached hydrogen (secondary N) is 2. The van der Waals surface area contributed by atoms with Gasteiger partial charge in [-0.25, -0.2) is 9.97 Å². The normalized spacial score (nSPS) is 14.4. The smallest absolute Gasteiger partial charge is 0.151 e. The van der Waals surface area contributed by atoms with E-state index in [2.05, 4.69) is 47.8 Å². The van der Waals surface area contributed by atoms with Crippen LogP contribution in [0.25, 0.3) is 11.3 Å². The van der Waals surface area contributed by atoms with Crippen molar-refractivity contribution >= 4 is 23.1 Å². The van der Waals surface area contributed by atoms with Crippen LogP contribution in [0.3, 0.4) is 0 Å². The van der Waals surface area contributed by atoms with E-state index in [1.165, 1.54) is 32.0 Å². The predicted molar refractivity (Wildman–Crippen MR) is 113 cm³/mol. The lowest BCUT2D eigenvalue weighted by Gasteiger charge is -2.20. The lowest BCUT2D eigenvalue weighted by atomic mass is 10.1. The molecule has 144 valence electrons. The van der Waals surface area contributed by atoms with Crippen molar-refractivity contribution in [3.8, 4) is 11.3 Å². The molecule has 4 rings (SSSR count). The van der Waals surface area contributed by atoms with Gasteiger partial charge >= 0.3 is 0 Å². The predicted octanol–water partition coefficient (Wildman–Crippen LogP) is 4.10. The molecule has 7 nitrogen and oxygen atoms in total. The van der Waals surface area contributed by atoms with Crippen molar-refractivity contribution in [1.29, 1.82) is 0 Å². The SMILES string of the molecule is CNc1cc(Nc2ccc(-c3ccc(N4CCCCCC4)nn3)cc2)ncn1. The number of benzene rings is 1. The second-order valence-electron chi connectivity index (χ2n) is 6.92. The Labute approximate surface area is 165 Å². The van der Waals surface area contributed by atoms with Gasteiger partial charge in [0.05, 0.1) is 5.69 Å². The molecule has 1 aliphatic rings. The van der Waals surface area contributed by atoms with Gasteiger partial charge in [-0.15, -0.1) is 10.2 Å². The van der Waals surface area contributed by atoms with E-state index in [4.69, 9.17) is 0 Å². The Morgan fingerprint density at radius 3 is 2.25 bits per heavy atom. The average molecular weight is 375 g/mol. The van der Waals surface area contributed by atoms with Crippen LogP contribution in [0.15, 0.2) is 48.8 Å². The molecule has 0 atom stereocenters. The molecule has 0 amide bonds. The quantitative estimate of drug-likeness (QED) is 0.695. The summed E-state index contributed by atoms with van der Waals surface area (Å²) in [5.41, 5.74) is 2.88. The highest BCUT2D eigenvalue weighted by atomic mass is 15.3. The summed E-state index contributed by atoms with van der Waals surface area (Å²) in [5.74, 6) is 2.50. The zero-order valence-electron chi connectivity index (χ0n) is 16.1. The molecule has 2 aromatic heterocycles. The molecule has 1 fully saturated rings. The highest BCUT2D eigenvalue weighted by Crippen LogP contribution is 2.23. The molecule has 0 aliphatic carbocycles. The van der Waals surface area contributed by atoms with E-state index in [1.807, 2.05) is 37.4 Å². The maximum atomic E-state index is 4.47. The van der Waals surface area contributed by atoms with Gasteiger partial charge in [0.25, 0.3) is 0 Å². The summed E-state index contributed by atoms with van der Waals surface area (Å²) in [6.45, 7) is 2.15. The Bertz CT molecular complexity index is 885. The van der Waals surface area contributed by atoms with Crippen LogP contribution >= 0.6 is 0 Å². The van der Waals surface area contributed by atoms with Gasteiger partial charge in [0.1, 0.15) is 18.0 Å². The summed E-state index contributed by atoms with van der Waals surface area (Å²) in [5, 5.41) is 15.2. The van der Waals surface area contributed by atoms with Crippen molar-refractivity contribution in [3.05, 3.63) is 48.8 Å². The minimum Gasteiger partial charge on any atom is -0.373 e. The van der Waals surface area contributed by atoms with Crippen LogP contribution < -0.4 is 15.5 Å². The molecule has 0 unspecified atom stereocenters. The molecule has 0 saturated carbocycles. The highest BCUT2D eigenvalue weighted by Gasteiger charge is 2.12. The minimum atomic E-state index is 0.744. The zero-order valence-corrected chi connectivity index (χ0v) is 16.1. The van der Waals surface area contributed by atoms with Gasteiger partial charge in [0.2, 0.25) is 0 Å². The summed E-state index contributed by atoms with van der Waals surface area (Å²) < 4.78 is 0. The van der Waals surface area contributed by atoms with Crippen LogP contribution in [0.4, 0.5) is 23.1 Å². The van der Waals surface area contributed by atoms with E-state index in [1.54, 1.807) is 0 Å². The van der Waals surface area contributed by atoms with Crippen molar-refractivity contribution < 1.29 is 0 Å². The van der Waals surface area contributed by atoms with E-state index in [0.717, 1.165) is 47.5 Å². The number of nitrogens with zero attached hydrogens (tertiary/aromatic N) is 5. The molecule has 28 heavy (non-hydrogen) atoms. The Hall–Kier alpha value is -3.22. The number of rotatable bonds is 5. The first-order chi connectivity index (χ1) is 13.8. The van der Waals surface area contributed by atoms with Crippen LogP contribution in [-0.2, 0) is 0 Å². The third-order valence-corrected chi connectivity index (χ3v) is 4.96. The second-order valence-corrected chi connectivity index (χ2v) is 6.92. The van der Waals surface area contributed by atoms with Gasteiger partial charge in [-0.3, -0.25) is 0 Å². The third kappa shape index (κ3) is 4.36. The maximum Gasteiger partial charge on any atom is 0.151 e. The van der Waals surface area contributed by atoms with Gasteiger partial charge in [-0.2, -0.15) is 0 Å². The van der Waals surface area contributed by atoms with Crippen LogP contribution in [0.1, 0.15) is 25.7 Å². The summed E-state index contributed by atoms with van der Waals surface area (Å²) in [4.78, 5) is 10.7. The van der Waals surface area contributed by atoms with Gasteiger partial charge in [0, 0.05) is 37.5 Å². The Kier molecular flexibility index (Phi) is 5.61. The number of hydrogen-bond donors (Lipinski definition) is 2. The molecular weight excluding hydrogens is 350 g/mol. The fourth-order valence-corrected chi connectivity index (χ4v) is 3.38. The Morgan fingerprint density at radius 2 is 1.57 bits per heavy atom. The molecule has 1 aromatic carbocycles. The summed E-state index contributed by atoms with van der Waals surface area (Å²) in [7, 11) is 1.83. The van der Waals surface area contributed by atoms with E-state index < -0.39 is 0 Å². The van der Waals surface area contributed by atoms with Gasteiger partial charge < -0.3 is 15.5 Å². The van der Waals surface area contributed by atoms with Gasteiger partial charge in [-0.05, 0) is 37.1 Å². The third-order valence-electron chi connectivity index (χ3n) is 4.96. The van der Waals surface area contributed by atoms with Gasteiger partial charge in [0.15, 0.2) is 5.82 Å². The first-order valence-corrected chi connectivity index (χ1v) is 9.78. The van der Waals surface area contributed by atoms with Crippen LogP contribution in [-0.4, -0.2) is 40.3 Å². The van der Waals surface area contributed by atoms with Crippen LogP contribution in [0.2, 0.25) is 0 Å². The molecule has 0 radical (unpaired) electrons. The average Bonchev–Trinajstić information content (AvgIpc) is 3.04. The molecule has 0 bridgehead atoms. The number of anilines is 4. The summed E-state index contributed by atoms with van der Waals surface area (Å²) in [6, 6.07) is 14.1. The van der Waals surface area contributed by atoms with E-state index in [9.17, 15) is 0 Å².